The Morgan fingerprint density at radius 1 is 1.07 bits per heavy atom. The molecule has 0 spiro atoms. The third-order valence-corrected chi connectivity index (χ3v) is 7.82. The van der Waals surface area contributed by atoms with Crippen LogP contribution in [0.3, 0.4) is 0 Å². The van der Waals surface area contributed by atoms with Crippen LogP contribution in [0, 0.1) is 24.7 Å². The average molecular weight is 383 g/mol. The lowest BCUT2D eigenvalue weighted by molar-refractivity contribution is -0.0191. The fourth-order valence-electron chi connectivity index (χ4n) is 6.00. The summed E-state index contributed by atoms with van der Waals surface area (Å²) in [6, 6.07) is 7.73. The second-order valence-corrected chi connectivity index (χ2v) is 10.4. The van der Waals surface area contributed by atoms with Gasteiger partial charge in [0.1, 0.15) is 0 Å². The van der Waals surface area contributed by atoms with Gasteiger partial charge in [-0.05, 0) is 70.1 Å². The first-order chi connectivity index (χ1) is 13.0. The van der Waals surface area contributed by atoms with Crippen molar-refractivity contribution in [3.05, 3.63) is 41.3 Å². The number of carbonyl (C=O) groups excluding carboxylic acids is 1. The zero-order valence-electron chi connectivity index (χ0n) is 16.0. The summed E-state index contributed by atoms with van der Waals surface area (Å²) in [6.45, 7) is 3.94. The molecule has 0 amide bonds. The van der Waals surface area contributed by atoms with Crippen molar-refractivity contribution in [1.82, 2.24) is 10.2 Å². The minimum atomic E-state index is -0.239. The Bertz CT molecular complexity index is 822. The molecule has 0 radical (unpaired) electrons. The van der Waals surface area contributed by atoms with Crippen LogP contribution in [0.5, 0.6) is 0 Å². The van der Waals surface area contributed by atoms with E-state index in [9.17, 15) is 4.79 Å². The molecule has 1 atom stereocenters. The topological polar surface area (TPSA) is 56.0 Å². The highest BCUT2D eigenvalue weighted by Crippen LogP contribution is 2.60. The minimum Gasteiger partial charge on any atom is -0.415 e. The summed E-state index contributed by atoms with van der Waals surface area (Å²) in [5.74, 6) is 3.48. The Morgan fingerprint density at radius 2 is 1.67 bits per heavy atom. The normalized spacial score (nSPS) is 32.6. The quantitative estimate of drug-likeness (QED) is 0.525. The van der Waals surface area contributed by atoms with Crippen molar-refractivity contribution in [3.8, 4) is 0 Å². The van der Waals surface area contributed by atoms with Gasteiger partial charge in [-0.1, -0.05) is 41.6 Å². The van der Waals surface area contributed by atoms with Crippen molar-refractivity contribution in [1.29, 1.82) is 0 Å². The number of benzene rings is 1. The number of ketones is 1. The number of Topliss-reactive ketones (excluding diaryl/α,β-unsaturated/α-hetero) is 1. The lowest BCUT2D eigenvalue weighted by Gasteiger charge is -2.55. The maximum atomic E-state index is 12.7. The highest BCUT2D eigenvalue weighted by Gasteiger charge is 2.54. The van der Waals surface area contributed by atoms with Crippen LogP contribution in [0.15, 0.2) is 33.9 Å². The number of aromatic nitrogens is 2. The fourth-order valence-corrected chi connectivity index (χ4v) is 6.76. The molecule has 1 aromatic carbocycles. The highest BCUT2D eigenvalue weighted by molar-refractivity contribution is 8.00. The first-order valence-electron chi connectivity index (χ1n) is 10.1. The Hall–Kier alpha value is -1.62. The fraction of sp³-hybridized carbons (Fsp3) is 0.591. The molecular formula is C22H26N2O2S. The van der Waals surface area contributed by atoms with Gasteiger partial charge in [0, 0.05) is 11.0 Å². The van der Waals surface area contributed by atoms with Crippen LogP contribution in [0.25, 0.3) is 0 Å². The van der Waals surface area contributed by atoms with Crippen molar-refractivity contribution in [3.63, 3.8) is 0 Å². The van der Waals surface area contributed by atoms with Gasteiger partial charge in [-0.3, -0.25) is 4.79 Å². The second kappa shape index (κ2) is 6.47. The number of nitrogens with zero attached hydrogens (tertiary/aromatic N) is 2. The van der Waals surface area contributed by atoms with E-state index in [1.807, 2.05) is 38.1 Å². The predicted octanol–water partition coefficient (Wildman–Crippen LogP) is 5.21. The maximum absolute atomic E-state index is 12.7. The predicted molar refractivity (Wildman–Crippen MR) is 105 cm³/mol. The summed E-state index contributed by atoms with van der Waals surface area (Å²) < 4.78 is 6.13. The van der Waals surface area contributed by atoms with Crippen molar-refractivity contribution in [2.45, 2.75) is 68.3 Å². The monoisotopic (exact) mass is 382 g/mol. The molecule has 142 valence electrons. The minimum absolute atomic E-state index is 0.106. The summed E-state index contributed by atoms with van der Waals surface area (Å²) >= 11 is 1.39. The number of carbonyl (C=O) groups is 1. The number of hydrogen-bond donors (Lipinski definition) is 0. The van der Waals surface area contributed by atoms with Gasteiger partial charge in [0.25, 0.3) is 5.22 Å². The first kappa shape index (κ1) is 17.5. The molecule has 0 saturated heterocycles. The zero-order valence-corrected chi connectivity index (χ0v) is 16.8. The number of hydrogen-bond acceptors (Lipinski definition) is 5. The molecule has 27 heavy (non-hydrogen) atoms. The van der Waals surface area contributed by atoms with Crippen molar-refractivity contribution in [2.75, 3.05) is 0 Å². The molecule has 0 N–H and O–H groups in total. The van der Waals surface area contributed by atoms with Crippen molar-refractivity contribution >= 4 is 17.5 Å². The zero-order chi connectivity index (χ0) is 18.6. The summed E-state index contributed by atoms with van der Waals surface area (Å²) in [6.07, 6.45) is 7.83. The molecule has 0 aliphatic heterocycles. The van der Waals surface area contributed by atoms with Gasteiger partial charge in [-0.15, -0.1) is 10.2 Å². The lowest BCUT2D eigenvalue weighted by Crippen LogP contribution is -2.48. The molecule has 4 saturated carbocycles. The summed E-state index contributed by atoms with van der Waals surface area (Å²) in [7, 11) is 0. The molecule has 6 rings (SSSR count). The van der Waals surface area contributed by atoms with Gasteiger partial charge in [0.05, 0.1) is 5.25 Å². The summed E-state index contributed by atoms with van der Waals surface area (Å²) in [5, 5.41) is 9.05. The highest BCUT2D eigenvalue weighted by atomic mass is 32.2. The van der Waals surface area contributed by atoms with E-state index in [2.05, 4.69) is 10.2 Å². The standard InChI is InChI=1S/C22H26N2O2S/c1-13-3-5-18(6-4-13)19(25)14(2)27-21-24-23-20(26-21)22-10-15-7-16(11-22)9-17(8-15)12-22/h3-6,14-17H,7-12H2,1-2H3/t14-,15?,16?,17?,22?/m1/s1. The van der Waals surface area contributed by atoms with Crippen LogP contribution < -0.4 is 0 Å². The van der Waals surface area contributed by atoms with Gasteiger partial charge >= 0.3 is 0 Å². The largest absolute Gasteiger partial charge is 0.415 e. The number of thioether (sulfide) groups is 1. The molecule has 4 fully saturated rings. The number of aryl methyl sites for hydroxylation is 1. The van der Waals surface area contributed by atoms with Crippen molar-refractivity contribution in [2.24, 2.45) is 17.8 Å². The first-order valence-corrected chi connectivity index (χ1v) is 11.0. The molecule has 4 aliphatic rings. The van der Waals surface area contributed by atoms with E-state index < -0.39 is 0 Å². The number of rotatable bonds is 5. The van der Waals surface area contributed by atoms with E-state index in [1.54, 1.807) is 0 Å². The van der Waals surface area contributed by atoms with Gasteiger partial charge < -0.3 is 4.42 Å². The van der Waals surface area contributed by atoms with E-state index >= 15 is 0 Å². The SMILES string of the molecule is Cc1ccc(C(=O)[C@@H](C)Sc2nnc(C34CC5CC(CC(C5)C3)C4)o2)cc1. The van der Waals surface area contributed by atoms with E-state index in [4.69, 9.17) is 4.42 Å². The van der Waals surface area contributed by atoms with Gasteiger partial charge in [0.2, 0.25) is 5.89 Å². The molecule has 4 bridgehead atoms. The maximum Gasteiger partial charge on any atom is 0.277 e. The van der Waals surface area contributed by atoms with Crippen molar-refractivity contribution < 1.29 is 9.21 Å². The van der Waals surface area contributed by atoms with E-state index in [0.29, 0.717) is 5.22 Å². The smallest absolute Gasteiger partial charge is 0.277 e. The summed E-state index contributed by atoms with van der Waals surface area (Å²) in [5.41, 5.74) is 2.01. The van der Waals surface area contributed by atoms with Crippen LogP contribution in [-0.4, -0.2) is 21.2 Å². The van der Waals surface area contributed by atoms with Gasteiger partial charge in [0.15, 0.2) is 5.78 Å². The molecule has 2 aromatic rings. The Morgan fingerprint density at radius 3 is 2.26 bits per heavy atom. The Kier molecular flexibility index (Phi) is 4.19. The van der Waals surface area contributed by atoms with Crippen LogP contribution in [0.4, 0.5) is 0 Å². The molecule has 1 aromatic heterocycles. The molecular weight excluding hydrogens is 356 g/mol. The van der Waals surface area contributed by atoms with E-state index in [1.165, 1.54) is 50.3 Å². The second-order valence-electron chi connectivity index (χ2n) is 9.06. The molecule has 4 nitrogen and oxygen atoms in total. The van der Waals surface area contributed by atoms with Crippen LogP contribution in [-0.2, 0) is 5.41 Å². The lowest BCUT2D eigenvalue weighted by atomic mass is 9.49. The summed E-state index contributed by atoms with van der Waals surface area (Å²) in [4.78, 5) is 12.7. The van der Waals surface area contributed by atoms with Gasteiger partial charge in [-0.25, -0.2) is 0 Å². The molecule has 5 heteroatoms. The molecule has 4 aliphatic carbocycles. The van der Waals surface area contributed by atoms with Crippen LogP contribution in [0.1, 0.15) is 67.3 Å². The van der Waals surface area contributed by atoms with Crippen LogP contribution in [0.2, 0.25) is 0 Å². The van der Waals surface area contributed by atoms with E-state index in [0.717, 1.165) is 34.8 Å². The Labute approximate surface area is 164 Å². The third-order valence-electron chi connectivity index (χ3n) is 6.88. The molecule has 0 unspecified atom stereocenters. The van der Waals surface area contributed by atoms with Crippen LogP contribution >= 0.6 is 11.8 Å². The average Bonchev–Trinajstić information content (AvgIpc) is 3.10. The van der Waals surface area contributed by atoms with E-state index in [-0.39, 0.29) is 16.4 Å². The molecule has 1 heterocycles. The third kappa shape index (κ3) is 3.14. The van der Waals surface area contributed by atoms with Gasteiger partial charge in [-0.2, -0.15) is 0 Å². The Balaban J connectivity index is 1.31.